The molecule has 1 aliphatic rings. The first-order valence-electron chi connectivity index (χ1n) is 8.80. The molecule has 6 nitrogen and oxygen atoms in total. The first-order chi connectivity index (χ1) is 13.1. The van der Waals surface area contributed by atoms with Crippen LogP contribution < -0.4 is 5.32 Å². The van der Waals surface area contributed by atoms with Crippen LogP contribution in [0, 0.1) is 11.7 Å². The number of imidazole rings is 1. The fourth-order valence-corrected chi connectivity index (χ4v) is 4.02. The van der Waals surface area contributed by atoms with Crippen molar-refractivity contribution in [2.75, 3.05) is 6.54 Å². The van der Waals surface area contributed by atoms with Gasteiger partial charge in [-0.1, -0.05) is 18.2 Å². The summed E-state index contributed by atoms with van der Waals surface area (Å²) in [6, 6.07) is 6.40. The molecule has 1 N–H and O–H groups in total. The Balaban J connectivity index is 1.36. The number of likely N-dealkylation sites (tertiary alicyclic amines) is 1. The summed E-state index contributed by atoms with van der Waals surface area (Å²) in [7, 11) is 0. The van der Waals surface area contributed by atoms with Gasteiger partial charge in [-0.2, -0.15) is 0 Å². The molecule has 140 valence electrons. The van der Waals surface area contributed by atoms with Crippen LogP contribution >= 0.6 is 11.3 Å². The van der Waals surface area contributed by atoms with Crippen molar-refractivity contribution >= 4 is 28.1 Å². The topological polar surface area (TPSA) is 66.7 Å². The average molecular weight is 386 g/mol. The van der Waals surface area contributed by atoms with E-state index in [0.717, 1.165) is 10.7 Å². The molecule has 1 saturated heterocycles. The molecular weight excluding hydrogens is 367 g/mol. The summed E-state index contributed by atoms with van der Waals surface area (Å²) in [5.74, 6) is -0.774. The molecule has 0 radical (unpaired) electrons. The molecule has 0 saturated carbocycles. The SMILES string of the molecule is O=C(NCc1cn2ccsc2n1)C1CCC(=O)N(Cc2ccccc2F)C1. The van der Waals surface area contributed by atoms with Gasteiger partial charge in [-0.25, -0.2) is 9.37 Å². The predicted octanol–water partition coefficient (Wildman–Crippen LogP) is 2.59. The third-order valence-corrected chi connectivity index (χ3v) is 5.55. The van der Waals surface area contributed by atoms with Crippen molar-refractivity contribution in [1.82, 2.24) is 19.6 Å². The van der Waals surface area contributed by atoms with Crippen LogP contribution in [0.1, 0.15) is 24.1 Å². The number of nitrogens with zero attached hydrogens (tertiary/aromatic N) is 3. The van der Waals surface area contributed by atoms with Crippen molar-refractivity contribution < 1.29 is 14.0 Å². The van der Waals surface area contributed by atoms with Crippen molar-refractivity contribution in [3.63, 3.8) is 0 Å². The molecule has 27 heavy (non-hydrogen) atoms. The van der Waals surface area contributed by atoms with E-state index in [1.165, 1.54) is 17.4 Å². The van der Waals surface area contributed by atoms with Crippen LogP contribution in [0.2, 0.25) is 0 Å². The van der Waals surface area contributed by atoms with E-state index in [4.69, 9.17) is 0 Å². The number of carbonyl (C=O) groups excluding carboxylic acids is 2. The van der Waals surface area contributed by atoms with Gasteiger partial charge in [0.25, 0.3) is 0 Å². The highest BCUT2D eigenvalue weighted by Gasteiger charge is 2.30. The van der Waals surface area contributed by atoms with Crippen LogP contribution in [-0.2, 0) is 22.7 Å². The number of thiazole rings is 1. The molecular formula is C19H19FN4O2S. The summed E-state index contributed by atoms with van der Waals surface area (Å²) >= 11 is 1.54. The minimum absolute atomic E-state index is 0.0448. The highest BCUT2D eigenvalue weighted by atomic mass is 32.1. The maximum absolute atomic E-state index is 13.9. The van der Waals surface area contributed by atoms with Crippen molar-refractivity contribution in [2.45, 2.75) is 25.9 Å². The first kappa shape index (κ1) is 17.7. The number of halogens is 1. The minimum Gasteiger partial charge on any atom is -0.350 e. The third-order valence-electron chi connectivity index (χ3n) is 4.78. The van der Waals surface area contributed by atoms with Crippen LogP contribution in [-0.4, -0.2) is 32.6 Å². The van der Waals surface area contributed by atoms with Gasteiger partial charge in [0.05, 0.1) is 18.2 Å². The van der Waals surface area contributed by atoms with Crippen LogP contribution in [0.25, 0.3) is 4.96 Å². The van der Waals surface area contributed by atoms with Crippen molar-refractivity contribution in [3.8, 4) is 0 Å². The molecule has 2 aromatic heterocycles. The average Bonchev–Trinajstić information content (AvgIpc) is 3.25. The third kappa shape index (κ3) is 3.85. The summed E-state index contributed by atoms with van der Waals surface area (Å²) in [5, 5.41) is 4.86. The van der Waals surface area contributed by atoms with E-state index >= 15 is 0 Å². The summed E-state index contributed by atoms with van der Waals surface area (Å²) in [5.41, 5.74) is 1.26. The second-order valence-electron chi connectivity index (χ2n) is 6.64. The van der Waals surface area contributed by atoms with Gasteiger partial charge >= 0.3 is 0 Å². The predicted molar refractivity (Wildman–Crippen MR) is 99.5 cm³/mol. The molecule has 2 amide bonds. The molecule has 1 unspecified atom stereocenters. The maximum Gasteiger partial charge on any atom is 0.225 e. The molecule has 3 aromatic rings. The van der Waals surface area contributed by atoms with Gasteiger partial charge in [0, 0.05) is 42.8 Å². The van der Waals surface area contributed by atoms with E-state index in [0.29, 0.717) is 31.5 Å². The zero-order valence-electron chi connectivity index (χ0n) is 14.6. The number of hydrogen-bond donors (Lipinski definition) is 1. The van der Waals surface area contributed by atoms with E-state index in [2.05, 4.69) is 10.3 Å². The number of piperidine rings is 1. The quantitative estimate of drug-likeness (QED) is 0.733. The highest BCUT2D eigenvalue weighted by molar-refractivity contribution is 7.15. The highest BCUT2D eigenvalue weighted by Crippen LogP contribution is 2.21. The molecule has 8 heteroatoms. The Kier molecular flexibility index (Phi) is 4.89. The molecule has 0 bridgehead atoms. The van der Waals surface area contributed by atoms with Gasteiger partial charge in [0.15, 0.2) is 4.96 Å². The standard InChI is InChI=1S/C19H19FN4O2S/c20-16-4-2-1-3-13(16)10-24-11-14(5-6-17(24)25)18(26)21-9-15-12-23-7-8-27-19(23)22-15/h1-4,7-8,12,14H,5-6,9-11H2,(H,21,26). The lowest BCUT2D eigenvalue weighted by molar-refractivity contribution is -0.139. The minimum atomic E-state index is -0.336. The summed E-state index contributed by atoms with van der Waals surface area (Å²) in [6.07, 6.45) is 4.62. The number of amides is 2. The van der Waals surface area contributed by atoms with E-state index in [-0.39, 0.29) is 30.1 Å². The van der Waals surface area contributed by atoms with Gasteiger partial charge in [0.1, 0.15) is 5.82 Å². The summed E-state index contributed by atoms with van der Waals surface area (Å²) < 4.78 is 15.8. The molecule has 0 spiro atoms. The lowest BCUT2D eigenvalue weighted by atomic mass is 9.96. The fourth-order valence-electron chi connectivity index (χ4n) is 3.30. The number of benzene rings is 1. The summed E-state index contributed by atoms with van der Waals surface area (Å²) in [4.78, 5) is 31.6. The molecule has 4 rings (SSSR count). The Morgan fingerprint density at radius 2 is 2.22 bits per heavy atom. The van der Waals surface area contributed by atoms with E-state index < -0.39 is 0 Å². The van der Waals surface area contributed by atoms with E-state index in [9.17, 15) is 14.0 Å². The first-order valence-corrected chi connectivity index (χ1v) is 9.68. The second kappa shape index (κ2) is 7.48. The Morgan fingerprint density at radius 3 is 3.04 bits per heavy atom. The van der Waals surface area contributed by atoms with Crippen molar-refractivity contribution in [1.29, 1.82) is 0 Å². The molecule has 0 aliphatic carbocycles. The maximum atomic E-state index is 13.9. The zero-order chi connectivity index (χ0) is 18.8. The van der Waals surface area contributed by atoms with Crippen LogP contribution in [0.15, 0.2) is 42.0 Å². The van der Waals surface area contributed by atoms with Gasteiger partial charge in [-0.3, -0.25) is 14.0 Å². The lowest BCUT2D eigenvalue weighted by Crippen LogP contribution is -2.45. The van der Waals surface area contributed by atoms with E-state index in [1.54, 1.807) is 23.1 Å². The molecule has 3 heterocycles. The van der Waals surface area contributed by atoms with Crippen molar-refractivity contribution in [3.05, 3.63) is 59.1 Å². The Hall–Kier alpha value is -2.74. The molecule has 1 aliphatic heterocycles. The fraction of sp³-hybridized carbons (Fsp3) is 0.316. The molecule has 1 aromatic carbocycles. The summed E-state index contributed by atoms with van der Waals surface area (Å²) in [6.45, 7) is 0.842. The molecule has 1 atom stereocenters. The Bertz CT molecular complexity index is 954. The number of fused-ring (bicyclic) bond motifs is 1. The monoisotopic (exact) mass is 386 g/mol. The second-order valence-corrected chi connectivity index (χ2v) is 7.52. The Labute approximate surface area is 159 Å². The largest absolute Gasteiger partial charge is 0.350 e. The number of aromatic nitrogens is 2. The van der Waals surface area contributed by atoms with Crippen LogP contribution in [0.3, 0.4) is 0 Å². The smallest absolute Gasteiger partial charge is 0.225 e. The number of carbonyl (C=O) groups is 2. The normalized spacial score (nSPS) is 17.4. The zero-order valence-corrected chi connectivity index (χ0v) is 15.4. The molecule has 1 fully saturated rings. The van der Waals surface area contributed by atoms with Crippen molar-refractivity contribution in [2.24, 2.45) is 5.92 Å². The Morgan fingerprint density at radius 1 is 1.37 bits per heavy atom. The van der Waals surface area contributed by atoms with E-state index in [1.807, 2.05) is 22.2 Å². The van der Waals surface area contributed by atoms with Gasteiger partial charge < -0.3 is 10.2 Å². The number of rotatable bonds is 5. The van der Waals surface area contributed by atoms with Crippen LogP contribution in [0.5, 0.6) is 0 Å². The lowest BCUT2D eigenvalue weighted by Gasteiger charge is -2.32. The van der Waals surface area contributed by atoms with Gasteiger partial charge in [0.2, 0.25) is 11.8 Å². The van der Waals surface area contributed by atoms with Gasteiger partial charge in [-0.15, -0.1) is 11.3 Å². The van der Waals surface area contributed by atoms with Crippen LogP contribution in [0.4, 0.5) is 4.39 Å². The van der Waals surface area contributed by atoms with Gasteiger partial charge in [-0.05, 0) is 12.5 Å². The number of hydrogen-bond acceptors (Lipinski definition) is 4. The number of nitrogens with one attached hydrogen (secondary N) is 1.